The van der Waals surface area contributed by atoms with Crippen LogP contribution in [0.5, 0.6) is 17.4 Å². The van der Waals surface area contributed by atoms with Gasteiger partial charge in [0.15, 0.2) is 0 Å². The quantitative estimate of drug-likeness (QED) is 0.619. The molecule has 0 aliphatic rings. The van der Waals surface area contributed by atoms with E-state index in [2.05, 4.69) is 33.2 Å². The highest BCUT2D eigenvalue weighted by molar-refractivity contribution is 9.10. The summed E-state index contributed by atoms with van der Waals surface area (Å²) in [5.41, 5.74) is 1.27. The molecule has 0 fully saturated rings. The molecule has 0 atom stereocenters. The van der Waals surface area contributed by atoms with Crippen LogP contribution in [-0.4, -0.2) is 31.7 Å². The van der Waals surface area contributed by atoms with Crippen molar-refractivity contribution in [3.05, 3.63) is 46.1 Å². The molecule has 0 saturated heterocycles. The van der Waals surface area contributed by atoms with E-state index in [0.29, 0.717) is 40.6 Å². The van der Waals surface area contributed by atoms with Gasteiger partial charge in [0, 0.05) is 23.9 Å². The lowest BCUT2D eigenvalue weighted by molar-refractivity contribution is 0.0949. The number of hydrogen-bond acceptors (Lipinski definition) is 5. The number of nitrogens with one attached hydrogen (secondary N) is 1. The summed E-state index contributed by atoms with van der Waals surface area (Å²) in [7, 11) is 3.08. The van der Waals surface area contributed by atoms with Crippen LogP contribution in [0.1, 0.15) is 35.7 Å². The predicted molar refractivity (Wildman–Crippen MR) is 103 cm³/mol. The monoisotopic (exact) mass is 422 g/mol. The maximum atomic E-state index is 12.5. The lowest BCUT2D eigenvalue weighted by Gasteiger charge is -2.13. The van der Waals surface area contributed by atoms with Crippen LogP contribution < -0.4 is 19.5 Å². The molecule has 0 radical (unpaired) electrons. The second-order valence-electron chi connectivity index (χ2n) is 5.55. The molecule has 0 bridgehead atoms. The van der Waals surface area contributed by atoms with Crippen molar-refractivity contribution < 1.29 is 19.0 Å². The first-order valence-electron chi connectivity index (χ1n) is 8.37. The molecule has 1 aromatic carbocycles. The zero-order valence-electron chi connectivity index (χ0n) is 15.2. The number of aromatic nitrogens is 1. The van der Waals surface area contributed by atoms with Gasteiger partial charge in [0.1, 0.15) is 16.0 Å². The fourth-order valence-electron chi connectivity index (χ4n) is 2.28. The number of amides is 1. The van der Waals surface area contributed by atoms with Gasteiger partial charge < -0.3 is 19.5 Å². The van der Waals surface area contributed by atoms with E-state index in [0.717, 1.165) is 18.4 Å². The Bertz CT molecular complexity index is 727. The number of carbonyl (C=O) groups is 1. The number of carbonyl (C=O) groups excluding carboxylic acids is 1. The normalized spacial score (nSPS) is 10.3. The third-order valence-electron chi connectivity index (χ3n) is 3.73. The second kappa shape index (κ2) is 10.0. The number of rotatable bonds is 9. The molecule has 1 amide bonds. The second-order valence-corrected chi connectivity index (χ2v) is 6.34. The summed E-state index contributed by atoms with van der Waals surface area (Å²) in [4.78, 5) is 16.8. The lowest BCUT2D eigenvalue weighted by Crippen LogP contribution is -2.23. The number of nitrogens with zero attached hydrogens (tertiary/aromatic N) is 1. The molecule has 26 heavy (non-hydrogen) atoms. The molecule has 0 aliphatic heterocycles. The summed E-state index contributed by atoms with van der Waals surface area (Å²) < 4.78 is 16.9. The molecule has 0 unspecified atom stereocenters. The molecule has 1 heterocycles. The first-order chi connectivity index (χ1) is 12.6. The first-order valence-corrected chi connectivity index (χ1v) is 9.16. The van der Waals surface area contributed by atoms with Crippen molar-refractivity contribution in [1.29, 1.82) is 0 Å². The number of ether oxygens (including phenoxy) is 3. The number of halogens is 1. The minimum Gasteiger partial charge on any atom is -0.495 e. The van der Waals surface area contributed by atoms with Gasteiger partial charge in [0.05, 0.1) is 20.8 Å². The number of benzene rings is 1. The molecule has 1 N–H and O–H groups in total. The zero-order chi connectivity index (χ0) is 18.9. The van der Waals surface area contributed by atoms with Crippen LogP contribution in [0.25, 0.3) is 0 Å². The van der Waals surface area contributed by atoms with Crippen molar-refractivity contribution in [2.45, 2.75) is 26.3 Å². The van der Waals surface area contributed by atoms with E-state index in [1.807, 2.05) is 12.1 Å². The molecular formula is C19H23BrN2O4. The van der Waals surface area contributed by atoms with E-state index in [9.17, 15) is 4.79 Å². The molecule has 140 valence electrons. The summed E-state index contributed by atoms with van der Waals surface area (Å²) in [5.74, 6) is 1.36. The van der Waals surface area contributed by atoms with Gasteiger partial charge in [0.25, 0.3) is 5.91 Å². The molecule has 0 spiro atoms. The van der Waals surface area contributed by atoms with Crippen molar-refractivity contribution in [3.8, 4) is 17.4 Å². The summed E-state index contributed by atoms with van der Waals surface area (Å²) in [5, 5.41) is 2.88. The van der Waals surface area contributed by atoms with Gasteiger partial charge in [0.2, 0.25) is 5.88 Å². The number of pyridine rings is 1. The van der Waals surface area contributed by atoms with Crippen LogP contribution in [0.15, 0.2) is 34.9 Å². The summed E-state index contributed by atoms with van der Waals surface area (Å²) >= 11 is 3.39. The topological polar surface area (TPSA) is 69.7 Å². The van der Waals surface area contributed by atoms with Crippen molar-refractivity contribution >= 4 is 21.8 Å². The van der Waals surface area contributed by atoms with E-state index < -0.39 is 0 Å². The van der Waals surface area contributed by atoms with Crippen LogP contribution >= 0.6 is 15.9 Å². The van der Waals surface area contributed by atoms with Crippen LogP contribution in [0, 0.1) is 0 Å². The molecule has 1 aromatic heterocycles. The highest BCUT2D eigenvalue weighted by Gasteiger charge is 2.15. The molecule has 2 rings (SSSR count). The largest absolute Gasteiger partial charge is 0.495 e. The Morgan fingerprint density at radius 2 is 1.92 bits per heavy atom. The molecular weight excluding hydrogens is 400 g/mol. The highest BCUT2D eigenvalue weighted by atomic mass is 79.9. The van der Waals surface area contributed by atoms with Crippen LogP contribution in [0.2, 0.25) is 0 Å². The average molecular weight is 423 g/mol. The van der Waals surface area contributed by atoms with Gasteiger partial charge in [-0.1, -0.05) is 19.4 Å². The Labute approximate surface area is 162 Å². The van der Waals surface area contributed by atoms with E-state index >= 15 is 0 Å². The Morgan fingerprint density at radius 1 is 1.23 bits per heavy atom. The van der Waals surface area contributed by atoms with Gasteiger partial charge >= 0.3 is 0 Å². The van der Waals surface area contributed by atoms with Crippen molar-refractivity contribution in [1.82, 2.24) is 10.3 Å². The van der Waals surface area contributed by atoms with Crippen molar-refractivity contribution in [2.75, 3.05) is 20.8 Å². The predicted octanol–water partition coefficient (Wildman–Crippen LogP) is 3.97. The average Bonchev–Trinajstić information content (AvgIpc) is 2.67. The van der Waals surface area contributed by atoms with Gasteiger partial charge in [-0.15, -0.1) is 0 Å². The Hall–Kier alpha value is -2.28. The smallest absolute Gasteiger partial charge is 0.251 e. The molecule has 0 saturated carbocycles. The molecule has 7 heteroatoms. The minimum atomic E-state index is -0.238. The maximum Gasteiger partial charge on any atom is 0.251 e. The lowest BCUT2D eigenvalue weighted by atomic mass is 10.1. The third kappa shape index (κ3) is 5.11. The van der Waals surface area contributed by atoms with Gasteiger partial charge in [-0.3, -0.25) is 4.79 Å². The number of unbranched alkanes of at least 4 members (excludes halogenated alkanes) is 1. The van der Waals surface area contributed by atoms with Crippen LogP contribution in [-0.2, 0) is 6.54 Å². The van der Waals surface area contributed by atoms with Gasteiger partial charge in [-0.25, -0.2) is 4.98 Å². The standard InChI is InChI=1S/C19H23BrN2O4/c1-4-5-9-26-19-13(7-6-8-21-19)12-22-18(23)14-10-15(24-2)17(20)16(11-14)25-3/h6-8,10-11H,4-5,9,12H2,1-3H3,(H,22,23). The van der Waals surface area contributed by atoms with Crippen LogP contribution in [0.4, 0.5) is 0 Å². The van der Waals surface area contributed by atoms with Crippen molar-refractivity contribution in [3.63, 3.8) is 0 Å². The van der Waals surface area contributed by atoms with E-state index in [-0.39, 0.29) is 5.91 Å². The first kappa shape index (κ1) is 20.0. The third-order valence-corrected chi connectivity index (χ3v) is 4.52. The fraction of sp³-hybridized carbons (Fsp3) is 0.368. The van der Waals surface area contributed by atoms with E-state index in [1.165, 1.54) is 14.2 Å². The molecule has 6 nitrogen and oxygen atoms in total. The van der Waals surface area contributed by atoms with Gasteiger partial charge in [-0.2, -0.15) is 0 Å². The fourth-order valence-corrected chi connectivity index (χ4v) is 2.83. The van der Waals surface area contributed by atoms with E-state index in [4.69, 9.17) is 14.2 Å². The zero-order valence-corrected chi connectivity index (χ0v) is 16.8. The number of methoxy groups -OCH3 is 2. The molecule has 0 aliphatic carbocycles. The maximum absolute atomic E-state index is 12.5. The van der Waals surface area contributed by atoms with Crippen molar-refractivity contribution in [2.24, 2.45) is 0 Å². The Balaban J connectivity index is 2.10. The van der Waals surface area contributed by atoms with Crippen LogP contribution in [0.3, 0.4) is 0 Å². The summed E-state index contributed by atoms with van der Waals surface area (Å²) in [6, 6.07) is 7.02. The SMILES string of the molecule is CCCCOc1ncccc1CNC(=O)c1cc(OC)c(Br)c(OC)c1. The highest BCUT2D eigenvalue weighted by Crippen LogP contribution is 2.35. The number of hydrogen-bond donors (Lipinski definition) is 1. The molecule has 2 aromatic rings. The summed E-state index contributed by atoms with van der Waals surface area (Å²) in [6.07, 6.45) is 3.68. The summed E-state index contributed by atoms with van der Waals surface area (Å²) in [6.45, 7) is 3.02. The Kier molecular flexibility index (Phi) is 7.72. The Morgan fingerprint density at radius 3 is 2.54 bits per heavy atom. The van der Waals surface area contributed by atoms with Gasteiger partial charge in [-0.05, 0) is 40.5 Å². The van der Waals surface area contributed by atoms with E-state index in [1.54, 1.807) is 18.3 Å². The minimum absolute atomic E-state index is 0.238.